The molecule has 2 aromatic rings. The Morgan fingerprint density at radius 1 is 1.50 bits per heavy atom. The molecule has 2 rings (SSSR count). The molecule has 1 heterocycles. The molecule has 0 aliphatic carbocycles. The predicted molar refractivity (Wildman–Crippen MR) is 65.1 cm³/mol. The fourth-order valence-corrected chi connectivity index (χ4v) is 1.45. The Bertz CT molecular complexity index is 510. The monoisotopic (exact) mass is 280 g/mol. The average molecular weight is 281 g/mol. The minimum absolute atomic E-state index is 0.222. The number of rotatable bonds is 2. The number of halogens is 1. The molecule has 1 amide bonds. The number of nitrogens with one attached hydrogen (secondary N) is 2. The predicted octanol–water partition coefficient (Wildman–Crippen LogP) is 2.01. The van der Waals surface area contributed by atoms with Gasteiger partial charge in [0.2, 0.25) is 0 Å². The minimum Gasteiger partial charge on any atom is -0.398 e. The fourth-order valence-electron chi connectivity index (χ4n) is 1.21. The Morgan fingerprint density at radius 3 is 2.94 bits per heavy atom. The SMILES string of the molecule is Nc1cc(C(=O)Nc2cn[nH]c2)ccc1Br. The molecular weight excluding hydrogens is 272 g/mol. The number of carbonyl (C=O) groups excluding carboxylic acids is 1. The van der Waals surface area contributed by atoms with Crippen LogP contribution in [-0.2, 0) is 0 Å². The maximum absolute atomic E-state index is 11.8. The number of benzene rings is 1. The molecule has 0 aliphatic rings. The third-order valence-electron chi connectivity index (χ3n) is 2.01. The average Bonchev–Trinajstić information content (AvgIpc) is 2.74. The smallest absolute Gasteiger partial charge is 0.255 e. The van der Waals surface area contributed by atoms with E-state index >= 15 is 0 Å². The zero-order valence-electron chi connectivity index (χ0n) is 8.20. The van der Waals surface area contributed by atoms with Gasteiger partial charge in [0, 0.05) is 21.9 Å². The van der Waals surface area contributed by atoms with Gasteiger partial charge in [0.1, 0.15) is 0 Å². The van der Waals surface area contributed by atoms with Gasteiger partial charge in [-0.2, -0.15) is 5.10 Å². The van der Waals surface area contributed by atoms with Crippen LogP contribution in [0.3, 0.4) is 0 Å². The van der Waals surface area contributed by atoms with E-state index in [9.17, 15) is 4.79 Å². The first-order chi connectivity index (χ1) is 7.66. The minimum atomic E-state index is -0.222. The van der Waals surface area contributed by atoms with Crippen LogP contribution in [0.4, 0.5) is 11.4 Å². The van der Waals surface area contributed by atoms with Crippen molar-refractivity contribution < 1.29 is 4.79 Å². The lowest BCUT2D eigenvalue weighted by Gasteiger charge is -2.04. The first-order valence-electron chi connectivity index (χ1n) is 4.52. The van der Waals surface area contributed by atoms with E-state index in [1.165, 1.54) is 6.20 Å². The van der Waals surface area contributed by atoms with Crippen LogP contribution in [0.5, 0.6) is 0 Å². The Morgan fingerprint density at radius 2 is 2.31 bits per heavy atom. The highest BCUT2D eigenvalue weighted by Gasteiger charge is 2.07. The highest BCUT2D eigenvalue weighted by atomic mass is 79.9. The molecule has 5 nitrogen and oxygen atoms in total. The van der Waals surface area contributed by atoms with Gasteiger partial charge in [-0.15, -0.1) is 0 Å². The van der Waals surface area contributed by atoms with Crippen LogP contribution in [0.15, 0.2) is 35.1 Å². The summed E-state index contributed by atoms with van der Waals surface area (Å²) in [6.45, 7) is 0. The molecule has 6 heteroatoms. The second-order valence-corrected chi connectivity index (χ2v) is 4.03. The van der Waals surface area contributed by atoms with Crippen molar-refractivity contribution in [1.82, 2.24) is 10.2 Å². The van der Waals surface area contributed by atoms with Crippen molar-refractivity contribution in [3.05, 3.63) is 40.6 Å². The molecule has 0 saturated carbocycles. The van der Waals surface area contributed by atoms with Gasteiger partial charge in [-0.25, -0.2) is 0 Å². The second-order valence-electron chi connectivity index (χ2n) is 3.18. The summed E-state index contributed by atoms with van der Waals surface area (Å²) in [5.74, 6) is -0.222. The molecule has 82 valence electrons. The molecule has 0 unspecified atom stereocenters. The Balaban J connectivity index is 2.18. The highest BCUT2D eigenvalue weighted by Crippen LogP contribution is 2.20. The molecule has 1 aromatic heterocycles. The lowest BCUT2D eigenvalue weighted by atomic mass is 10.2. The molecule has 0 saturated heterocycles. The maximum Gasteiger partial charge on any atom is 0.255 e. The van der Waals surface area contributed by atoms with Crippen molar-refractivity contribution >= 4 is 33.2 Å². The van der Waals surface area contributed by atoms with Crippen LogP contribution < -0.4 is 11.1 Å². The van der Waals surface area contributed by atoms with E-state index in [1.807, 2.05) is 0 Å². The maximum atomic E-state index is 11.8. The number of hydrogen-bond acceptors (Lipinski definition) is 3. The summed E-state index contributed by atoms with van der Waals surface area (Å²) >= 11 is 3.27. The van der Waals surface area contributed by atoms with Crippen molar-refractivity contribution in [2.75, 3.05) is 11.1 Å². The zero-order valence-corrected chi connectivity index (χ0v) is 9.78. The third kappa shape index (κ3) is 2.22. The Hall–Kier alpha value is -1.82. The number of anilines is 2. The quantitative estimate of drug-likeness (QED) is 0.736. The van der Waals surface area contributed by atoms with Gasteiger partial charge in [-0.3, -0.25) is 9.89 Å². The summed E-state index contributed by atoms with van der Waals surface area (Å²) in [7, 11) is 0. The number of nitrogens with two attached hydrogens (primary N) is 1. The normalized spacial score (nSPS) is 10.1. The molecule has 0 spiro atoms. The number of nitrogens with zero attached hydrogens (tertiary/aromatic N) is 1. The van der Waals surface area contributed by atoms with E-state index in [-0.39, 0.29) is 5.91 Å². The molecular formula is C10H9BrN4O. The van der Waals surface area contributed by atoms with Crippen LogP contribution in [0.25, 0.3) is 0 Å². The van der Waals surface area contributed by atoms with Crippen molar-refractivity contribution in [1.29, 1.82) is 0 Å². The molecule has 0 aliphatic heterocycles. The van der Waals surface area contributed by atoms with Gasteiger partial charge < -0.3 is 11.1 Å². The van der Waals surface area contributed by atoms with Crippen molar-refractivity contribution in [3.8, 4) is 0 Å². The van der Waals surface area contributed by atoms with E-state index in [0.29, 0.717) is 16.9 Å². The second kappa shape index (κ2) is 4.36. The first-order valence-corrected chi connectivity index (χ1v) is 5.31. The largest absolute Gasteiger partial charge is 0.398 e. The summed E-state index contributed by atoms with van der Waals surface area (Å²) in [5.41, 5.74) is 7.33. The Labute approximate surface area is 100 Å². The molecule has 0 fully saturated rings. The number of aromatic nitrogens is 2. The summed E-state index contributed by atoms with van der Waals surface area (Å²) in [5, 5.41) is 9.02. The van der Waals surface area contributed by atoms with Gasteiger partial charge in [-0.05, 0) is 34.1 Å². The molecule has 0 atom stereocenters. The van der Waals surface area contributed by atoms with Gasteiger partial charge in [0.25, 0.3) is 5.91 Å². The Kier molecular flexibility index (Phi) is 2.91. The molecule has 1 aromatic carbocycles. The van der Waals surface area contributed by atoms with E-state index < -0.39 is 0 Å². The molecule has 4 N–H and O–H groups in total. The molecule has 0 bridgehead atoms. The topological polar surface area (TPSA) is 83.8 Å². The summed E-state index contributed by atoms with van der Waals surface area (Å²) in [6, 6.07) is 5.04. The standard InChI is InChI=1S/C10H9BrN4O/c11-8-2-1-6(3-9(8)12)10(16)15-7-4-13-14-5-7/h1-5H,12H2,(H,13,14)(H,15,16). The molecule has 0 radical (unpaired) electrons. The van der Waals surface area contributed by atoms with Gasteiger partial charge >= 0.3 is 0 Å². The fraction of sp³-hybridized carbons (Fsp3) is 0. The summed E-state index contributed by atoms with van der Waals surface area (Å²) in [4.78, 5) is 11.8. The van der Waals surface area contributed by atoms with E-state index in [2.05, 4.69) is 31.4 Å². The molecule has 16 heavy (non-hydrogen) atoms. The van der Waals surface area contributed by atoms with E-state index in [4.69, 9.17) is 5.73 Å². The summed E-state index contributed by atoms with van der Waals surface area (Å²) in [6.07, 6.45) is 3.13. The van der Waals surface area contributed by atoms with E-state index in [1.54, 1.807) is 24.4 Å². The van der Waals surface area contributed by atoms with Crippen LogP contribution in [0.1, 0.15) is 10.4 Å². The number of H-pyrrole nitrogens is 1. The van der Waals surface area contributed by atoms with Gasteiger partial charge in [0.05, 0.1) is 11.9 Å². The number of aromatic amines is 1. The van der Waals surface area contributed by atoms with Crippen LogP contribution >= 0.6 is 15.9 Å². The van der Waals surface area contributed by atoms with Crippen molar-refractivity contribution in [2.24, 2.45) is 0 Å². The van der Waals surface area contributed by atoms with Gasteiger partial charge in [-0.1, -0.05) is 0 Å². The van der Waals surface area contributed by atoms with Crippen LogP contribution in [-0.4, -0.2) is 16.1 Å². The lowest BCUT2D eigenvalue weighted by Crippen LogP contribution is -2.11. The van der Waals surface area contributed by atoms with Gasteiger partial charge in [0.15, 0.2) is 0 Å². The number of nitrogen functional groups attached to an aromatic ring is 1. The van der Waals surface area contributed by atoms with Crippen LogP contribution in [0.2, 0.25) is 0 Å². The highest BCUT2D eigenvalue weighted by molar-refractivity contribution is 9.10. The lowest BCUT2D eigenvalue weighted by molar-refractivity contribution is 0.102. The van der Waals surface area contributed by atoms with E-state index in [0.717, 1.165) is 4.47 Å². The van der Waals surface area contributed by atoms with Crippen molar-refractivity contribution in [2.45, 2.75) is 0 Å². The third-order valence-corrected chi connectivity index (χ3v) is 2.74. The zero-order chi connectivity index (χ0) is 11.5. The number of amides is 1. The number of carbonyl (C=O) groups is 1. The van der Waals surface area contributed by atoms with Crippen molar-refractivity contribution in [3.63, 3.8) is 0 Å². The van der Waals surface area contributed by atoms with Crippen LogP contribution in [0, 0.1) is 0 Å². The summed E-state index contributed by atoms with van der Waals surface area (Å²) < 4.78 is 0.771. The number of hydrogen-bond donors (Lipinski definition) is 3. The first kappa shape index (κ1) is 10.7.